The average molecular weight is 281 g/mol. The lowest BCUT2D eigenvalue weighted by Gasteiger charge is -2.15. The van der Waals surface area contributed by atoms with Crippen LogP contribution in [0.5, 0.6) is 0 Å². The fourth-order valence-electron chi connectivity index (χ4n) is 2.04. The molecule has 0 saturated carbocycles. The molecule has 1 unspecified atom stereocenters. The summed E-state index contributed by atoms with van der Waals surface area (Å²) in [6.07, 6.45) is 1.13. The van der Waals surface area contributed by atoms with Crippen LogP contribution in [0.2, 0.25) is 0 Å². The number of hydrogen-bond acceptors (Lipinski definition) is 3. The maximum Gasteiger partial charge on any atom is 0.307 e. The molecule has 0 fully saturated rings. The summed E-state index contributed by atoms with van der Waals surface area (Å²) in [5.41, 5.74) is 5.99. The second-order valence-corrected chi connectivity index (χ2v) is 4.90. The molecule has 2 atom stereocenters. The van der Waals surface area contributed by atoms with Crippen LogP contribution >= 0.6 is 0 Å². The first-order valence-corrected chi connectivity index (χ1v) is 6.70. The van der Waals surface area contributed by atoms with Crippen LogP contribution in [0.15, 0.2) is 24.3 Å². The van der Waals surface area contributed by atoms with Crippen LogP contribution < -0.4 is 5.73 Å². The summed E-state index contributed by atoms with van der Waals surface area (Å²) in [7, 11) is 0. The van der Waals surface area contributed by atoms with E-state index < -0.39 is 23.7 Å². The standard InChI is InChI=1S/C15H20FNO3/c1-2-5-13(17)14(18)9-11(15(19)20)8-10-6-3-4-7-12(10)16/h3-4,6-7,11,13H,2,5,8-9,17H2,1H3,(H,19,20)/t11?,13-/m0/s1. The third kappa shape index (κ3) is 4.74. The first-order valence-electron chi connectivity index (χ1n) is 6.70. The van der Waals surface area contributed by atoms with Gasteiger partial charge in [-0.3, -0.25) is 9.59 Å². The van der Waals surface area contributed by atoms with Crippen LogP contribution in [0.1, 0.15) is 31.7 Å². The quantitative estimate of drug-likeness (QED) is 0.765. The van der Waals surface area contributed by atoms with Gasteiger partial charge in [-0.15, -0.1) is 0 Å². The molecule has 0 aliphatic rings. The van der Waals surface area contributed by atoms with Crippen molar-refractivity contribution in [3.05, 3.63) is 35.6 Å². The van der Waals surface area contributed by atoms with Gasteiger partial charge in [0.25, 0.3) is 0 Å². The maximum atomic E-state index is 13.5. The fraction of sp³-hybridized carbons (Fsp3) is 0.467. The Hall–Kier alpha value is -1.75. The number of benzene rings is 1. The molecule has 1 aromatic rings. The third-order valence-electron chi connectivity index (χ3n) is 3.23. The first kappa shape index (κ1) is 16.3. The van der Waals surface area contributed by atoms with Crippen molar-refractivity contribution in [2.24, 2.45) is 11.7 Å². The molecular weight excluding hydrogens is 261 g/mol. The molecule has 1 rings (SSSR count). The van der Waals surface area contributed by atoms with Crippen molar-refractivity contribution < 1.29 is 19.1 Å². The number of carboxylic acid groups (broad SMARTS) is 1. The second-order valence-electron chi connectivity index (χ2n) is 4.90. The van der Waals surface area contributed by atoms with Gasteiger partial charge in [0.2, 0.25) is 0 Å². The summed E-state index contributed by atoms with van der Waals surface area (Å²) < 4.78 is 13.5. The molecule has 110 valence electrons. The van der Waals surface area contributed by atoms with Crippen LogP contribution in [0.3, 0.4) is 0 Å². The molecule has 0 aliphatic carbocycles. The summed E-state index contributed by atoms with van der Waals surface area (Å²) in [4.78, 5) is 23.1. The highest BCUT2D eigenvalue weighted by Gasteiger charge is 2.25. The van der Waals surface area contributed by atoms with Crippen molar-refractivity contribution in [1.82, 2.24) is 0 Å². The number of hydrogen-bond donors (Lipinski definition) is 2. The van der Waals surface area contributed by atoms with E-state index in [1.807, 2.05) is 6.92 Å². The Morgan fingerprint density at radius 2 is 2.00 bits per heavy atom. The number of ketones is 1. The number of aliphatic carboxylic acids is 1. The Morgan fingerprint density at radius 3 is 2.55 bits per heavy atom. The van der Waals surface area contributed by atoms with E-state index in [0.717, 1.165) is 6.42 Å². The van der Waals surface area contributed by atoms with Gasteiger partial charge < -0.3 is 10.8 Å². The predicted octanol–water partition coefficient (Wildman–Crippen LogP) is 2.16. The van der Waals surface area contributed by atoms with Crippen molar-refractivity contribution in [3.63, 3.8) is 0 Å². The maximum absolute atomic E-state index is 13.5. The van der Waals surface area contributed by atoms with Crippen LogP contribution in [0, 0.1) is 11.7 Å². The van der Waals surface area contributed by atoms with Crippen molar-refractivity contribution in [2.45, 2.75) is 38.6 Å². The van der Waals surface area contributed by atoms with Crippen LogP contribution in [-0.4, -0.2) is 22.9 Å². The summed E-state index contributed by atoms with van der Waals surface area (Å²) in [6.45, 7) is 1.90. The Bertz CT molecular complexity index is 476. The van der Waals surface area contributed by atoms with Gasteiger partial charge in [0, 0.05) is 6.42 Å². The average Bonchev–Trinajstić information content (AvgIpc) is 2.40. The van der Waals surface area contributed by atoms with Gasteiger partial charge >= 0.3 is 5.97 Å². The van der Waals surface area contributed by atoms with Crippen molar-refractivity contribution in [1.29, 1.82) is 0 Å². The number of carboxylic acids is 1. The van der Waals surface area contributed by atoms with Gasteiger partial charge in [-0.1, -0.05) is 31.5 Å². The summed E-state index contributed by atoms with van der Waals surface area (Å²) in [5.74, 6) is -2.78. The van der Waals surface area contributed by atoms with Gasteiger partial charge in [0.15, 0.2) is 0 Å². The fourth-order valence-corrected chi connectivity index (χ4v) is 2.04. The normalized spacial score (nSPS) is 13.8. The van der Waals surface area contributed by atoms with Gasteiger partial charge in [-0.2, -0.15) is 0 Å². The van der Waals surface area contributed by atoms with E-state index in [-0.39, 0.29) is 18.6 Å². The SMILES string of the molecule is CCC[C@H](N)C(=O)CC(Cc1ccccc1F)C(=O)O. The highest BCUT2D eigenvalue weighted by molar-refractivity contribution is 5.87. The number of halogens is 1. The van der Waals surface area contributed by atoms with Crippen LogP contribution in [0.4, 0.5) is 4.39 Å². The molecule has 1 aromatic carbocycles. The van der Waals surface area contributed by atoms with Crippen molar-refractivity contribution in [2.75, 3.05) is 0 Å². The van der Waals surface area contributed by atoms with E-state index in [1.54, 1.807) is 6.07 Å². The lowest BCUT2D eigenvalue weighted by Crippen LogP contribution is -2.33. The minimum absolute atomic E-state index is 0.00735. The zero-order valence-electron chi connectivity index (χ0n) is 11.5. The van der Waals surface area contributed by atoms with E-state index >= 15 is 0 Å². The summed E-state index contributed by atoms with van der Waals surface area (Å²) >= 11 is 0. The lowest BCUT2D eigenvalue weighted by molar-refractivity contribution is -0.143. The minimum Gasteiger partial charge on any atom is -0.481 e. The smallest absolute Gasteiger partial charge is 0.307 e. The lowest BCUT2D eigenvalue weighted by atomic mass is 9.91. The van der Waals surface area contributed by atoms with Crippen LogP contribution in [-0.2, 0) is 16.0 Å². The molecule has 0 aromatic heterocycles. The van der Waals surface area contributed by atoms with E-state index in [1.165, 1.54) is 18.2 Å². The molecule has 0 heterocycles. The Morgan fingerprint density at radius 1 is 1.35 bits per heavy atom. The molecule has 0 bridgehead atoms. The number of carbonyl (C=O) groups is 2. The largest absolute Gasteiger partial charge is 0.481 e. The number of nitrogens with two attached hydrogens (primary N) is 1. The highest BCUT2D eigenvalue weighted by Crippen LogP contribution is 2.17. The van der Waals surface area contributed by atoms with E-state index in [2.05, 4.69) is 0 Å². The van der Waals surface area contributed by atoms with Gasteiger partial charge in [0.05, 0.1) is 12.0 Å². The molecule has 3 N–H and O–H groups in total. The molecular formula is C15H20FNO3. The summed E-state index contributed by atoms with van der Waals surface area (Å²) in [6, 6.07) is 5.35. The molecule has 4 nitrogen and oxygen atoms in total. The topological polar surface area (TPSA) is 80.4 Å². The van der Waals surface area contributed by atoms with Gasteiger partial charge in [-0.25, -0.2) is 4.39 Å². The Labute approximate surface area is 117 Å². The predicted molar refractivity (Wildman–Crippen MR) is 73.7 cm³/mol. The number of rotatable bonds is 8. The molecule has 0 radical (unpaired) electrons. The zero-order chi connectivity index (χ0) is 15.1. The first-order chi connectivity index (χ1) is 9.45. The minimum atomic E-state index is -1.11. The van der Waals surface area contributed by atoms with Gasteiger partial charge in [0.1, 0.15) is 11.6 Å². The van der Waals surface area contributed by atoms with Crippen molar-refractivity contribution >= 4 is 11.8 Å². The monoisotopic (exact) mass is 281 g/mol. The van der Waals surface area contributed by atoms with E-state index in [4.69, 9.17) is 5.73 Å². The molecule has 0 aliphatic heterocycles. The molecule has 0 amide bonds. The third-order valence-corrected chi connectivity index (χ3v) is 3.23. The van der Waals surface area contributed by atoms with E-state index in [0.29, 0.717) is 12.0 Å². The van der Waals surface area contributed by atoms with Crippen molar-refractivity contribution in [3.8, 4) is 0 Å². The number of carbonyl (C=O) groups excluding carboxylic acids is 1. The highest BCUT2D eigenvalue weighted by atomic mass is 19.1. The van der Waals surface area contributed by atoms with Crippen LogP contribution in [0.25, 0.3) is 0 Å². The molecule has 0 saturated heterocycles. The zero-order valence-corrected chi connectivity index (χ0v) is 11.5. The Balaban J connectivity index is 2.73. The van der Waals surface area contributed by atoms with E-state index in [9.17, 15) is 19.1 Å². The number of Topliss-reactive ketones (excluding diaryl/α,β-unsaturated/α-hetero) is 1. The molecule has 20 heavy (non-hydrogen) atoms. The molecule has 5 heteroatoms. The second kappa shape index (κ2) is 7.75. The van der Waals surface area contributed by atoms with Gasteiger partial charge in [-0.05, 0) is 24.5 Å². The summed E-state index contributed by atoms with van der Waals surface area (Å²) in [5, 5.41) is 9.17. The molecule has 0 spiro atoms. The Kier molecular flexibility index (Phi) is 6.31.